The lowest BCUT2D eigenvalue weighted by Crippen LogP contribution is -2.02. The molecule has 1 N–H and O–H groups in total. The van der Waals surface area contributed by atoms with Crippen LogP contribution in [0.3, 0.4) is 0 Å². The molecule has 1 aromatic heterocycles. The first-order valence-corrected chi connectivity index (χ1v) is 6.41. The highest BCUT2D eigenvalue weighted by Crippen LogP contribution is 2.28. The summed E-state index contributed by atoms with van der Waals surface area (Å²) in [5.41, 5.74) is 0.296. The van der Waals surface area contributed by atoms with Gasteiger partial charge in [-0.05, 0) is 13.0 Å². The number of hydrogen-bond acceptors (Lipinski definition) is 6. The van der Waals surface area contributed by atoms with E-state index in [1.165, 1.54) is 17.4 Å². The van der Waals surface area contributed by atoms with Crippen LogP contribution in [0, 0.1) is 17.0 Å². The van der Waals surface area contributed by atoms with Gasteiger partial charge in [-0.2, -0.15) is 0 Å². The van der Waals surface area contributed by atoms with E-state index in [1.54, 1.807) is 5.38 Å². The molecule has 104 valence electrons. The summed E-state index contributed by atoms with van der Waals surface area (Å²) in [5.74, 6) is -1.25. The van der Waals surface area contributed by atoms with Crippen LogP contribution < -0.4 is 4.74 Å². The van der Waals surface area contributed by atoms with Gasteiger partial charge >= 0.3 is 11.7 Å². The predicted molar refractivity (Wildman–Crippen MR) is 71.2 cm³/mol. The molecule has 20 heavy (non-hydrogen) atoms. The quantitative estimate of drug-likeness (QED) is 0.671. The largest absolute Gasteiger partial charge is 0.480 e. The van der Waals surface area contributed by atoms with Crippen molar-refractivity contribution < 1.29 is 19.6 Å². The van der Waals surface area contributed by atoms with Crippen LogP contribution >= 0.6 is 11.3 Å². The third-order valence-corrected chi connectivity index (χ3v) is 3.27. The number of carboxylic acid groups (broad SMARTS) is 1. The van der Waals surface area contributed by atoms with E-state index < -0.39 is 10.9 Å². The Hall–Kier alpha value is -2.48. The molecular weight excluding hydrogens is 284 g/mol. The highest BCUT2D eigenvalue weighted by atomic mass is 32.1. The zero-order valence-corrected chi connectivity index (χ0v) is 11.2. The van der Waals surface area contributed by atoms with Crippen LogP contribution in [0.1, 0.15) is 21.1 Å². The Kier molecular flexibility index (Phi) is 3.94. The van der Waals surface area contributed by atoms with E-state index >= 15 is 0 Å². The number of aromatic carboxylic acids is 1. The molecule has 8 heteroatoms. The summed E-state index contributed by atoms with van der Waals surface area (Å²) in [6.45, 7) is 1.88. The molecule has 0 saturated heterocycles. The van der Waals surface area contributed by atoms with Crippen molar-refractivity contribution in [1.82, 2.24) is 4.98 Å². The minimum atomic E-state index is -1.17. The molecule has 0 aliphatic carbocycles. The molecule has 0 atom stereocenters. The average Bonchev–Trinajstić information content (AvgIpc) is 2.81. The number of aromatic nitrogens is 1. The van der Waals surface area contributed by atoms with Crippen molar-refractivity contribution in [3.8, 4) is 5.75 Å². The van der Waals surface area contributed by atoms with Crippen LogP contribution in [0.4, 0.5) is 5.69 Å². The maximum Gasteiger partial charge on any atom is 0.335 e. The van der Waals surface area contributed by atoms with Crippen molar-refractivity contribution in [2.24, 2.45) is 0 Å². The predicted octanol–water partition coefficient (Wildman–Crippen LogP) is 2.64. The summed E-state index contributed by atoms with van der Waals surface area (Å²) in [6.07, 6.45) is 0. The van der Waals surface area contributed by atoms with Gasteiger partial charge in [0.15, 0.2) is 5.75 Å². The molecule has 0 bridgehead atoms. The van der Waals surface area contributed by atoms with Gasteiger partial charge in [-0.25, -0.2) is 9.78 Å². The average molecular weight is 294 g/mol. The van der Waals surface area contributed by atoms with Gasteiger partial charge in [0.2, 0.25) is 0 Å². The molecule has 0 aliphatic heterocycles. The fraction of sp³-hybridized carbons (Fsp3) is 0.167. The molecule has 0 saturated carbocycles. The maximum absolute atomic E-state index is 10.9. The smallest absolute Gasteiger partial charge is 0.335 e. The molecular formula is C12H10N2O5S. The summed E-state index contributed by atoms with van der Waals surface area (Å²) in [4.78, 5) is 25.3. The van der Waals surface area contributed by atoms with Crippen LogP contribution in [0.25, 0.3) is 0 Å². The second kappa shape index (κ2) is 5.66. The second-order valence-corrected chi connectivity index (χ2v) is 4.95. The molecule has 0 unspecified atom stereocenters. The minimum Gasteiger partial charge on any atom is -0.480 e. The number of nitrogens with zero attached hydrogens (tertiary/aromatic N) is 2. The maximum atomic E-state index is 10.9. The molecule has 1 aromatic carbocycles. The lowest BCUT2D eigenvalue weighted by atomic mass is 10.2. The van der Waals surface area contributed by atoms with Gasteiger partial charge in [-0.15, -0.1) is 11.3 Å². The van der Waals surface area contributed by atoms with E-state index in [-0.39, 0.29) is 23.6 Å². The van der Waals surface area contributed by atoms with E-state index in [9.17, 15) is 14.9 Å². The lowest BCUT2D eigenvalue weighted by molar-refractivity contribution is -0.385. The van der Waals surface area contributed by atoms with Gasteiger partial charge in [0, 0.05) is 17.5 Å². The van der Waals surface area contributed by atoms with E-state index in [0.717, 1.165) is 17.1 Å². The van der Waals surface area contributed by atoms with Crippen molar-refractivity contribution in [2.45, 2.75) is 13.5 Å². The number of hydrogen-bond donors (Lipinski definition) is 1. The summed E-state index contributed by atoms with van der Waals surface area (Å²) in [7, 11) is 0. The summed E-state index contributed by atoms with van der Waals surface area (Å²) in [6, 6.07) is 3.42. The van der Waals surface area contributed by atoms with Crippen LogP contribution in [-0.4, -0.2) is 21.0 Å². The summed E-state index contributed by atoms with van der Waals surface area (Å²) < 4.78 is 5.33. The highest BCUT2D eigenvalue weighted by molar-refractivity contribution is 7.09. The van der Waals surface area contributed by atoms with Gasteiger partial charge in [0.25, 0.3) is 0 Å². The van der Waals surface area contributed by atoms with Gasteiger partial charge in [0.1, 0.15) is 6.61 Å². The molecule has 0 aliphatic rings. The Morgan fingerprint density at radius 2 is 2.30 bits per heavy atom. The number of carboxylic acids is 1. The minimum absolute atomic E-state index is 0.0499. The normalized spacial score (nSPS) is 10.2. The Morgan fingerprint density at radius 3 is 2.85 bits per heavy atom. The third-order valence-electron chi connectivity index (χ3n) is 2.45. The fourth-order valence-corrected chi connectivity index (χ4v) is 2.14. The van der Waals surface area contributed by atoms with Crippen molar-refractivity contribution in [2.75, 3.05) is 0 Å². The first-order chi connectivity index (χ1) is 9.47. The van der Waals surface area contributed by atoms with E-state index in [4.69, 9.17) is 9.84 Å². The van der Waals surface area contributed by atoms with Gasteiger partial charge in [-0.1, -0.05) is 0 Å². The van der Waals surface area contributed by atoms with Crippen LogP contribution in [0.5, 0.6) is 5.75 Å². The third kappa shape index (κ3) is 3.09. The molecule has 7 nitrogen and oxygen atoms in total. The van der Waals surface area contributed by atoms with Gasteiger partial charge in [0.05, 0.1) is 21.2 Å². The van der Waals surface area contributed by atoms with E-state index in [2.05, 4.69) is 4.98 Å². The van der Waals surface area contributed by atoms with Crippen LogP contribution in [0.15, 0.2) is 23.6 Å². The molecule has 2 aromatic rings. The monoisotopic (exact) mass is 294 g/mol. The van der Waals surface area contributed by atoms with Gasteiger partial charge in [-0.3, -0.25) is 10.1 Å². The molecule has 1 heterocycles. The molecule has 0 radical (unpaired) electrons. The fourth-order valence-electron chi connectivity index (χ4n) is 1.54. The first kappa shape index (κ1) is 13.9. The Balaban J connectivity index is 2.25. The van der Waals surface area contributed by atoms with Crippen LogP contribution in [-0.2, 0) is 6.61 Å². The number of thiazole rings is 1. The molecule has 0 amide bonds. The summed E-state index contributed by atoms with van der Waals surface area (Å²) in [5, 5.41) is 22.4. The number of ether oxygens (including phenoxy) is 1. The SMILES string of the molecule is Cc1nc(COc2cc(C(=O)O)ccc2[N+](=O)[O-])cs1. The summed E-state index contributed by atoms with van der Waals surface area (Å²) >= 11 is 1.44. The Morgan fingerprint density at radius 1 is 1.55 bits per heavy atom. The van der Waals surface area contributed by atoms with E-state index in [1.807, 2.05) is 6.92 Å². The molecule has 2 rings (SSSR count). The Bertz CT molecular complexity index is 668. The number of nitro groups is 1. The molecule has 0 spiro atoms. The molecule has 0 fully saturated rings. The standard InChI is InChI=1S/C12H10N2O5S/c1-7-13-9(6-20-7)5-19-11-4-8(12(15)16)2-3-10(11)14(17)18/h2-4,6H,5H2,1H3,(H,15,16). The Labute approximate surface area is 117 Å². The van der Waals surface area contributed by atoms with E-state index in [0.29, 0.717) is 5.69 Å². The second-order valence-electron chi connectivity index (χ2n) is 3.89. The number of aryl methyl sites for hydroxylation is 1. The zero-order valence-electron chi connectivity index (χ0n) is 10.4. The lowest BCUT2D eigenvalue weighted by Gasteiger charge is -2.06. The number of nitro benzene ring substituents is 1. The number of rotatable bonds is 5. The number of benzene rings is 1. The van der Waals surface area contributed by atoms with Crippen LogP contribution in [0.2, 0.25) is 0 Å². The topological polar surface area (TPSA) is 103 Å². The van der Waals surface area contributed by atoms with Gasteiger partial charge < -0.3 is 9.84 Å². The van der Waals surface area contributed by atoms with Crippen molar-refractivity contribution >= 4 is 23.0 Å². The van der Waals surface area contributed by atoms with Crippen molar-refractivity contribution in [3.63, 3.8) is 0 Å². The highest BCUT2D eigenvalue weighted by Gasteiger charge is 2.18. The zero-order chi connectivity index (χ0) is 14.7. The van der Waals surface area contributed by atoms with Crippen molar-refractivity contribution in [1.29, 1.82) is 0 Å². The number of carbonyl (C=O) groups is 1. The first-order valence-electron chi connectivity index (χ1n) is 5.53. The van der Waals surface area contributed by atoms with Crippen molar-refractivity contribution in [3.05, 3.63) is 50.0 Å².